The third-order valence-corrected chi connectivity index (χ3v) is 6.26. The zero-order valence-electron chi connectivity index (χ0n) is 15.8. The minimum absolute atomic E-state index is 0.0265. The summed E-state index contributed by atoms with van der Waals surface area (Å²) in [5, 5.41) is 3.93. The number of para-hydroxylation sites is 1. The minimum Gasteiger partial charge on any atom is -0.349 e. The van der Waals surface area contributed by atoms with Gasteiger partial charge >= 0.3 is 0 Å². The van der Waals surface area contributed by atoms with Crippen molar-refractivity contribution in [1.82, 2.24) is 15.2 Å². The van der Waals surface area contributed by atoms with Crippen LogP contribution in [0.4, 0.5) is 0 Å². The van der Waals surface area contributed by atoms with Crippen molar-refractivity contribution in [3.8, 4) is 0 Å². The Balaban J connectivity index is 1.54. The average Bonchev–Trinajstić information content (AvgIpc) is 3.34. The van der Waals surface area contributed by atoms with E-state index in [1.807, 2.05) is 53.4 Å². The quantitative estimate of drug-likeness (QED) is 0.706. The number of amides is 2. The number of hydrogen-bond donors (Lipinski definition) is 1. The maximum absolute atomic E-state index is 13.2. The van der Waals surface area contributed by atoms with Gasteiger partial charge in [0.1, 0.15) is 5.01 Å². The number of nitrogens with zero attached hydrogens (tertiary/aromatic N) is 2. The van der Waals surface area contributed by atoms with Crippen LogP contribution in [0.15, 0.2) is 54.6 Å². The fourth-order valence-corrected chi connectivity index (χ4v) is 4.94. The molecule has 1 aliphatic heterocycles. The van der Waals surface area contributed by atoms with Crippen molar-refractivity contribution in [3.05, 3.63) is 65.2 Å². The number of nitrogens with one attached hydrogen (secondary N) is 1. The van der Waals surface area contributed by atoms with E-state index in [0.717, 1.165) is 40.2 Å². The van der Waals surface area contributed by atoms with Crippen molar-refractivity contribution in [1.29, 1.82) is 0 Å². The maximum atomic E-state index is 13.2. The summed E-state index contributed by atoms with van der Waals surface area (Å²) in [5.41, 5.74) is 1.93. The third-order valence-electron chi connectivity index (χ3n) is 5.13. The summed E-state index contributed by atoms with van der Waals surface area (Å²) in [5.74, 6) is -0.0739. The monoisotopic (exact) mass is 393 g/mol. The van der Waals surface area contributed by atoms with Gasteiger partial charge in [-0.1, -0.05) is 42.5 Å². The van der Waals surface area contributed by atoms with Gasteiger partial charge in [0.25, 0.3) is 0 Å². The topological polar surface area (TPSA) is 62.3 Å². The number of likely N-dealkylation sites (tertiary alicyclic amines) is 1. The first-order chi connectivity index (χ1) is 13.6. The van der Waals surface area contributed by atoms with E-state index in [1.54, 1.807) is 11.3 Å². The molecule has 0 radical (unpaired) electrons. The molecule has 2 amide bonds. The summed E-state index contributed by atoms with van der Waals surface area (Å²) in [6, 6.07) is 17.5. The Morgan fingerprint density at radius 3 is 2.68 bits per heavy atom. The smallest absolute Gasteiger partial charge is 0.225 e. The summed E-state index contributed by atoms with van der Waals surface area (Å²) >= 11 is 1.67. The van der Waals surface area contributed by atoms with Gasteiger partial charge in [0.15, 0.2) is 0 Å². The maximum Gasteiger partial charge on any atom is 0.225 e. The van der Waals surface area contributed by atoms with E-state index in [9.17, 15) is 9.59 Å². The van der Waals surface area contributed by atoms with E-state index in [1.165, 1.54) is 6.92 Å². The number of hydrogen-bond acceptors (Lipinski definition) is 4. The summed E-state index contributed by atoms with van der Waals surface area (Å²) in [7, 11) is 0. The van der Waals surface area contributed by atoms with Gasteiger partial charge in [-0.05, 0) is 30.5 Å². The fourth-order valence-electron chi connectivity index (χ4n) is 3.83. The van der Waals surface area contributed by atoms with Gasteiger partial charge in [0, 0.05) is 13.5 Å². The molecule has 28 heavy (non-hydrogen) atoms. The van der Waals surface area contributed by atoms with Crippen molar-refractivity contribution in [3.63, 3.8) is 0 Å². The summed E-state index contributed by atoms with van der Waals surface area (Å²) in [6.45, 7) is 2.22. The summed E-state index contributed by atoms with van der Waals surface area (Å²) in [6.07, 6.45) is 2.16. The molecule has 4 rings (SSSR count). The van der Waals surface area contributed by atoms with Crippen molar-refractivity contribution in [2.45, 2.75) is 38.3 Å². The van der Waals surface area contributed by atoms with E-state index in [2.05, 4.69) is 11.4 Å². The fraction of sp³-hybridized carbons (Fsp3) is 0.318. The molecule has 0 unspecified atom stereocenters. The van der Waals surface area contributed by atoms with Crippen LogP contribution in [-0.4, -0.2) is 28.2 Å². The van der Waals surface area contributed by atoms with Crippen molar-refractivity contribution >= 4 is 33.4 Å². The zero-order chi connectivity index (χ0) is 19.5. The molecule has 2 heterocycles. The predicted octanol–water partition coefficient (Wildman–Crippen LogP) is 4.23. The van der Waals surface area contributed by atoms with Crippen LogP contribution in [0.2, 0.25) is 0 Å². The van der Waals surface area contributed by atoms with Crippen molar-refractivity contribution in [2.75, 3.05) is 6.54 Å². The van der Waals surface area contributed by atoms with Gasteiger partial charge in [0.2, 0.25) is 11.8 Å². The van der Waals surface area contributed by atoms with Crippen LogP contribution in [-0.2, 0) is 9.59 Å². The van der Waals surface area contributed by atoms with Gasteiger partial charge in [-0.3, -0.25) is 9.59 Å². The number of carbonyl (C=O) groups excluding carboxylic acids is 2. The van der Waals surface area contributed by atoms with Gasteiger partial charge in [-0.25, -0.2) is 4.98 Å². The number of thiazole rings is 1. The molecule has 5 nitrogen and oxygen atoms in total. The SMILES string of the molecule is CC(=O)N[C@H](CC(=O)N1CCC[C@@H]1c1nc2ccccc2s1)c1ccccc1. The lowest BCUT2D eigenvalue weighted by atomic mass is 10.0. The van der Waals surface area contributed by atoms with Crippen LogP contribution in [0.25, 0.3) is 10.2 Å². The highest BCUT2D eigenvalue weighted by atomic mass is 32.1. The predicted molar refractivity (Wildman–Crippen MR) is 111 cm³/mol. The van der Waals surface area contributed by atoms with Gasteiger partial charge in [-0.15, -0.1) is 11.3 Å². The summed E-state index contributed by atoms with van der Waals surface area (Å²) < 4.78 is 1.15. The molecule has 0 saturated carbocycles. The Bertz CT molecular complexity index is 953. The second-order valence-electron chi connectivity index (χ2n) is 7.13. The van der Waals surface area contributed by atoms with E-state index < -0.39 is 0 Å². The standard InChI is InChI=1S/C22H23N3O2S/c1-15(26)23-18(16-8-3-2-4-9-16)14-21(27)25-13-7-11-19(25)22-24-17-10-5-6-12-20(17)28-22/h2-6,8-10,12,18-19H,7,11,13-14H2,1H3,(H,23,26)/t18-,19-/m1/s1. The minimum atomic E-state index is -0.317. The van der Waals surface area contributed by atoms with Gasteiger partial charge < -0.3 is 10.2 Å². The highest BCUT2D eigenvalue weighted by Gasteiger charge is 2.33. The molecule has 2 aromatic carbocycles. The lowest BCUT2D eigenvalue weighted by Gasteiger charge is -2.26. The second-order valence-corrected chi connectivity index (χ2v) is 8.20. The average molecular weight is 394 g/mol. The normalized spacial score (nSPS) is 17.6. The first-order valence-corrected chi connectivity index (χ1v) is 10.4. The highest BCUT2D eigenvalue weighted by Crippen LogP contribution is 2.37. The van der Waals surface area contributed by atoms with E-state index >= 15 is 0 Å². The zero-order valence-corrected chi connectivity index (χ0v) is 16.6. The summed E-state index contributed by atoms with van der Waals surface area (Å²) in [4.78, 5) is 31.5. The first kappa shape index (κ1) is 18.6. The first-order valence-electron chi connectivity index (χ1n) is 9.59. The lowest BCUT2D eigenvalue weighted by molar-refractivity contribution is -0.133. The van der Waals surface area contributed by atoms with Crippen molar-refractivity contribution in [2.24, 2.45) is 0 Å². The largest absolute Gasteiger partial charge is 0.349 e. The molecule has 0 spiro atoms. The molecule has 144 valence electrons. The van der Waals surface area contributed by atoms with Crippen LogP contribution in [0.3, 0.4) is 0 Å². The van der Waals surface area contributed by atoms with Gasteiger partial charge in [0.05, 0.1) is 28.7 Å². The number of aromatic nitrogens is 1. The van der Waals surface area contributed by atoms with E-state index in [-0.39, 0.29) is 30.3 Å². The Morgan fingerprint density at radius 1 is 1.18 bits per heavy atom. The Labute approximate surface area is 168 Å². The molecule has 0 aliphatic carbocycles. The molecular formula is C22H23N3O2S. The molecule has 3 aromatic rings. The third kappa shape index (κ3) is 3.92. The Kier molecular flexibility index (Phi) is 5.39. The van der Waals surface area contributed by atoms with Crippen LogP contribution in [0.1, 0.15) is 48.8 Å². The van der Waals surface area contributed by atoms with E-state index in [0.29, 0.717) is 0 Å². The number of carbonyl (C=O) groups is 2. The molecule has 6 heteroatoms. The number of fused-ring (bicyclic) bond motifs is 1. The second kappa shape index (κ2) is 8.10. The van der Waals surface area contributed by atoms with Crippen LogP contribution in [0.5, 0.6) is 0 Å². The molecule has 0 bridgehead atoms. The van der Waals surface area contributed by atoms with Crippen LogP contribution >= 0.6 is 11.3 Å². The molecule has 2 atom stereocenters. The molecule has 1 aliphatic rings. The highest BCUT2D eigenvalue weighted by molar-refractivity contribution is 7.18. The van der Waals surface area contributed by atoms with Gasteiger partial charge in [-0.2, -0.15) is 0 Å². The lowest BCUT2D eigenvalue weighted by Crippen LogP contribution is -2.35. The van der Waals surface area contributed by atoms with Crippen LogP contribution in [0, 0.1) is 0 Å². The van der Waals surface area contributed by atoms with E-state index in [4.69, 9.17) is 4.98 Å². The molecular weight excluding hydrogens is 370 g/mol. The Hall–Kier alpha value is -2.73. The number of rotatable bonds is 5. The van der Waals surface area contributed by atoms with Crippen LogP contribution < -0.4 is 5.32 Å². The Morgan fingerprint density at radius 2 is 1.93 bits per heavy atom. The molecule has 1 aromatic heterocycles. The molecule has 1 saturated heterocycles. The van der Waals surface area contributed by atoms with Crippen molar-refractivity contribution < 1.29 is 9.59 Å². The number of benzene rings is 2. The molecule has 1 N–H and O–H groups in total. The molecule has 1 fully saturated rings.